The molecule has 44 heavy (non-hydrogen) atoms. The lowest BCUT2D eigenvalue weighted by Gasteiger charge is -2.34. The highest BCUT2D eigenvalue weighted by molar-refractivity contribution is 7.15. The van der Waals surface area contributed by atoms with Crippen molar-refractivity contribution in [1.29, 1.82) is 0 Å². The van der Waals surface area contributed by atoms with E-state index in [-0.39, 0.29) is 5.13 Å². The number of hydrogen-bond donors (Lipinski definition) is 6. The van der Waals surface area contributed by atoms with E-state index in [1.54, 1.807) is 67.6 Å². The monoisotopic (exact) mass is 640 g/mol. The largest absolute Gasteiger partial charge is 0.386 e. The molecule has 2 aromatic carbocycles. The number of carbonyl (C=O) groups is 2. The number of aliphatic hydroxyl groups excluding tert-OH is 2. The van der Waals surface area contributed by atoms with Gasteiger partial charge in [-0.1, -0.05) is 90.3 Å². The first-order valence-electron chi connectivity index (χ1n) is 14.1. The summed E-state index contributed by atoms with van der Waals surface area (Å²) < 4.78 is 0. The second-order valence-electron chi connectivity index (χ2n) is 10.9. The standard InChI is InChI=1S/C30H36N6O6S2/c1-18(29(2,41)23(37)19-12-6-4-7-13-19)25(39)31-27-35-33-21(43-27)16-10-11-17-22-34-36-28(44-22)32-26(40)30(3,42)24(38)20-14-8-5-9-15-20/h4-9,12-15,18,23-24,37-38,41-42H,10-11,16-17H2,1-3H3,(H,31,35,39)(H,32,36,40). The van der Waals surface area contributed by atoms with E-state index < -0.39 is 41.1 Å². The Balaban J connectivity index is 1.21. The van der Waals surface area contributed by atoms with Crippen LogP contribution >= 0.6 is 22.7 Å². The van der Waals surface area contributed by atoms with Gasteiger partial charge in [0.05, 0.1) is 5.92 Å². The molecule has 0 saturated heterocycles. The molecule has 12 nitrogen and oxygen atoms in total. The normalized spacial score (nSPS) is 16.2. The number of anilines is 2. The Morgan fingerprint density at radius 2 is 1.20 bits per heavy atom. The number of rotatable bonds is 14. The zero-order valence-corrected chi connectivity index (χ0v) is 26.2. The molecule has 0 fully saturated rings. The molecule has 6 N–H and O–H groups in total. The minimum atomic E-state index is -2.08. The van der Waals surface area contributed by atoms with E-state index in [0.717, 1.165) is 17.8 Å². The van der Waals surface area contributed by atoms with E-state index in [2.05, 4.69) is 31.0 Å². The van der Waals surface area contributed by atoms with Gasteiger partial charge in [-0.15, -0.1) is 20.4 Å². The van der Waals surface area contributed by atoms with Gasteiger partial charge >= 0.3 is 0 Å². The molecule has 2 heterocycles. The van der Waals surface area contributed by atoms with E-state index in [9.17, 15) is 30.0 Å². The number of hydrogen-bond acceptors (Lipinski definition) is 12. The molecule has 0 radical (unpaired) electrons. The molecule has 0 aliphatic rings. The average Bonchev–Trinajstić information content (AvgIpc) is 3.67. The Labute approximate surface area is 262 Å². The van der Waals surface area contributed by atoms with Crippen molar-refractivity contribution in [2.45, 2.75) is 69.9 Å². The second-order valence-corrected chi connectivity index (χ2v) is 13.0. The zero-order valence-electron chi connectivity index (χ0n) is 24.5. The van der Waals surface area contributed by atoms with Crippen molar-refractivity contribution < 1.29 is 30.0 Å². The minimum Gasteiger partial charge on any atom is -0.386 e. The van der Waals surface area contributed by atoms with Crippen molar-refractivity contribution in [2.24, 2.45) is 5.92 Å². The second kappa shape index (κ2) is 14.4. The molecule has 2 aromatic heterocycles. The molecule has 0 saturated carbocycles. The lowest BCUT2D eigenvalue weighted by atomic mass is 9.82. The van der Waals surface area contributed by atoms with Crippen molar-refractivity contribution in [3.63, 3.8) is 0 Å². The molecule has 0 aliphatic carbocycles. The van der Waals surface area contributed by atoms with Gasteiger partial charge in [-0.2, -0.15) is 0 Å². The van der Waals surface area contributed by atoms with Gasteiger partial charge in [0.1, 0.15) is 27.8 Å². The van der Waals surface area contributed by atoms with Crippen molar-refractivity contribution in [3.8, 4) is 0 Å². The molecule has 5 atom stereocenters. The predicted molar refractivity (Wildman–Crippen MR) is 167 cm³/mol. The highest BCUT2D eigenvalue weighted by atomic mass is 32.1. The maximum atomic E-state index is 12.8. The van der Waals surface area contributed by atoms with Crippen LogP contribution in [-0.4, -0.2) is 63.8 Å². The quantitative estimate of drug-likeness (QED) is 0.111. The summed E-state index contributed by atoms with van der Waals surface area (Å²) in [7, 11) is 0. The van der Waals surface area contributed by atoms with E-state index in [4.69, 9.17) is 0 Å². The number of benzene rings is 2. The van der Waals surface area contributed by atoms with E-state index in [0.29, 0.717) is 34.1 Å². The summed E-state index contributed by atoms with van der Waals surface area (Å²) in [6.07, 6.45) is 0.0705. The molecule has 0 aliphatic heterocycles. The van der Waals surface area contributed by atoms with Crippen LogP contribution in [0.4, 0.5) is 10.3 Å². The summed E-state index contributed by atoms with van der Waals surface area (Å²) in [4.78, 5) is 25.5. The Kier molecular flexibility index (Phi) is 10.9. The number of aromatic nitrogens is 4. The van der Waals surface area contributed by atoms with Crippen molar-refractivity contribution in [1.82, 2.24) is 20.4 Å². The topological polar surface area (TPSA) is 191 Å². The van der Waals surface area contributed by atoms with Crippen LogP contribution in [0.3, 0.4) is 0 Å². The van der Waals surface area contributed by atoms with Crippen molar-refractivity contribution in [3.05, 3.63) is 81.8 Å². The van der Waals surface area contributed by atoms with Crippen molar-refractivity contribution in [2.75, 3.05) is 10.6 Å². The maximum absolute atomic E-state index is 12.8. The molecule has 14 heteroatoms. The highest BCUT2D eigenvalue weighted by Gasteiger charge is 2.41. The van der Waals surface area contributed by atoms with Gasteiger partial charge < -0.3 is 25.7 Å². The van der Waals surface area contributed by atoms with Crippen LogP contribution in [0.15, 0.2) is 60.7 Å². The Morgan fingerprint density at radius 3 is 1.70 bits per heavy atom. The fourth-order valence-corrected chi connectivity index (χ4v) is 5.92. The Hall–Kier alpha value is -3.66. The zero-order chi connectivity index (χ0) is 31.9. The van der Waals surface area contributed by atoms with Crippen LogP contribution in [0.2, 0.25) is 0 Å². The first-order valence-corrected chi connectivity index (χ1v) is 15.7. The Morgan fingerprint density at radius 1 is 0.750 bits per heavy atom. The third kappa shape index (κ3) is 8.08. The van der Waals surface area contributed by atoms with Crippen LogP contribution in [0.1, 0.15) is 67.0 Å². The summed E-state index contributed by atoms with van der Waals surface area (Å²) in [5.41, 5.74) is -2.87. The van der Waals surface area contributed by atoms with Crippen LogP contribution in [0.5, 0.6) is 0 Å². The van der Waals surface area contributed by atoms with Gasteiger partial charge in [0.25, 0.3) is 5.91 Å². The first kappa shape index (κ1) is 33.2. The summed E-state index contributed by atoms with van der Waals surface area (Å²) in [6.45, 7) is 4.21. The summed E-state index contributed by atoms with van der Waals surface area (Å²) in [5.74, 6) is -2.21. The fourth-order valence-electron chi connectivity index (χ4n) is 4.36. The fraction of sp³-hybridized carbons (Fsp3) is 0.400. The van der Waals surface area contributed by atoms with Gasteiger partial charge in [0, 0.05) is 12.8 Å². The van der Waals surface area contributed by atoms with E-state index in [1.165, 1.54) is 36.5 Å². The molecular formula is C30H36N6O6S2. The summed E-state index contributed by atoms with van der Waals surface area (Å²) in [6, 6.07) is 17.1. The lowest BCUT2D eigenvalue weighted by molar-refractivity contribution is -0.144. The van der Waals surface area contributed by atoms with Gasteiger partial charge in [-0.25, -0.2) is 0 Å². The van der Waals surface area contributed by atoms with E-state index >= 15 is 0 Å². The number of nitrogens with one attached hydrogen (secondary N) is 2. The molecule has 5 unspecified atom stereocenters. The molecule has 0 spiro atoms. The molecule has 0 bridgehead atoms. The van der Waals surface area contributed by atoms with Crippen LogP contribution in [-0.2, 0) is 22.4 Å². The van der Waals surface area contributed by atoms with E-state index in [1.807, 2.05) is 0 Å². The number of carbonyl (C=O) groups excluding carboxylic acids is 2. The van der Waals surface area contributed by atoms with Crippen LogP contribution in [0.25, 0.3) is 0 Å². The third-order valence-electron chi connectivity index (χ3n) is 7.46. The number of unbranched alkanes of at least 4 members (excludes halogenated alkanes) is 1. The van der Waals surface area contributed by atoms with Gasteiger partial charge in [0.15, 0.2) is 5.60 Å². The van der Waals surface area contributed by atoms with Gasteiger partial charge in [-0.3, -0.25) is 14.9 Å². The SMILES string of the molecule is CC(C(=O)Nc1nnc(CCCCc2nnc(NC(=O)C(C)(O)C(O)c3ccccc3)s2)s1)C(C)(O)C(O)c1ccccc1. The predicted octanol–water partition coefficient (Wildman–Crippen LogP) is 3.44. The minimum absolute atomic E-state index is 0.222. The third-order valence-corrected chi connectivity index (χ3v) is 9.26. The number of nitrogens with zero attached hydrogens (tertiary/aromatic N) is 4. The molecule has 4 rings (SSSR count). The molecule has 2 amide bonds. The first-order chi connectivity index (χ1) is 20.9. The molecule has 4 aromatic rings. The number of amides is 2. The number of aliphatic hydroxyl groups is 4. The van der Waals surface area contributed by atoms with Crippen LogP contribution in [0, 0.1) is 5.92 Å². The van der Waals surface area contributed by atoms with Crippen LogP contribution < -0.4 is 10.6 Å². The highest BCUT2D eigenvalue weighted by Crippen LogP contribution is 2.33. The number of aryl methyl sites for hydroxylation is 2. The van der Waals surface area contributed by atoms with Crippen molar-refractivity contribution >= 4 is 44.8 Å². The molecule has 234 valence electrons. The Bertz CT molecular complexity index is 1530. The molecular weight excluding hydrogens is 605 g/mol. The van der Waals surface area contributed by atoms with Gasteiger partial charge in [0.2, 0.25) is 16.2 Å². The maximum Gasteiger partial charge on any atom is 0.260 e. The summed E-state index contributed by atoms with van der Waals surface area (Å²) in [5, 5.41) is 66.2. The van der Waals surface area contributed by atoms with Gasteiger partial charge in [-0.05, 0) is 37.8 Å². The lowest BCUT2D eigenvalue weighted by Crippen LogP contribution is -2.45. The summed E-state index contributed by atoms with van der Waals surface area (Å²) >= 11 is 2.43. The average molecular weight is 641 g/mol. The smallest absolute Gasteiger partial charge is 0.260 e.